The molecule has 1 aromatic carbocycles. The Bertz CT molecular complexity index is 1260. The van der Waals surface area contributed by atoms with Crippen molar-refractivity contribution in [1.29, 1.82) is 5.26 Å². The van der Waals surface area contributed by atoms with Crippen molar-refractivity contribution in [2.24, 2.45) is 0 Å². The van der Waals surface area contributed by atoms with Gasteiger partial charge in [-0.25, -0.2) is 4.98 Å². The Balaban J connectivity index is 1.40. The number of benzene rings is 1. The molecular formula is C25H29N5O2S2. The standard InChI is InChI=1S/C25H29N5O2S2/c1-29(2)11-12-30(14-18-9-7-17(13-26)8-10-18)22(31)16-33-15-21-27-24(32)23-19-5-3-4-6-20(19)34-25(23)28-21/h7-10H,3-6,11-12,14-16H2,1-2H3,(H,27,28,32). The number of aromatic amines is 1. The average molecular weight is 496 g/mol. The van der Waals surface area contributed by atoms with Gasteiger partial charge in [0.1, 0.15) is 10.7 Å². The summed E-state index contributed by atoms with van der Waals surface area (Å²) in [5, 5.41) is 9.77. The van der Waals surface area contributed by atoms with Gasteiger partial charge in [0.15, 0.2) is 0 Å². The van der Waals surface area contributed by atoms with Crippen LogP contribution in [0.5, 0.6) is 0 Å². The predicted molar refractivity (Wildman–Crippen MR) is 138 cm³/mol. The number of hydrogen-bond donors (Lipinski definition) is 1. The number of thioether (sulfide) groups is 1. The van der Waals surface area contributed by atoms with Crippen LogP contribution in [0, 0.1) is 11.3 Å². The number of carbonyl (C=O) groups is 1. The van der Waals surface area contributed by atoms with Crippen molar-refractivity contribution in [3.63, 3.8) is 0 Å². The van der Waals surface area contributed by atoms with Gasteiger partial charge < -0.3 is 14.8 Å². The summed E-state index contributed by atoms with van der Waals surface area (Å²) in [5.41, 5.74) is 2.73. The van der Waals surface area contributed by atoms with Crippen LogP contribution in [-0.2, 0) is 29.9 Å². The zero-order chi connectivity index (χ0) is 24.1. The zero-order valence-electron chi connectivity index (χ0n) is 19.6. The molecule has 3 aromatic rings. The summed E-state index contributed by atoms with van der Waals surface area (Å²) in [7, 11) is 3.97. The number of aromatic nitrogens is 2. The number of likely N-dealkylation sites (N-methyl/N-ethyl adjacent to an activating group) is 1. The van der Waals surface area contributed by atoms with Crippen LogP contribution >= 0.6 is 23.1 Å². The van der Waals surface area contributed by atoms with Gasteiger partial charge in [-0.15, -0.1) is 23.1 Å². The SMILES string of the molecule is CN(C)CCN(Cc1ccc(C#N)cc1)C(=O)CSCc1nc2sc3c(c2c(=O)[nH]1)CCCC3. The molecule has 178 valence electrons. The minimum absolute atomic E-state index is 0.0474. The Morgan fingerprint density at radius 3 is 2.71 bits per heavy atom. The van der Waals surface area contributed by atoms with E-state index in [-0.39, 0.29) is 11.5 Å². The van der Waals surface area contributed by atoms with Gasteiger partial charge in [0.05, 0.1) is 28.5 Å². The van der Waals surface area contributed by atoms with Crippen LogP contribution in [0.25, 0.3) is 10.2 Å². The molecule has 1 amide bonds. The summed E-state index contributed by atoms with van der Waals surface area (Å²) in [5.74, 6) is 1.47. The Morgan fingerprint density at radius 1 is 1.21 bits per heavy atom. The number of H-pyrrole nitrogens is 1. The number of nitrogens with one attached hydrogen (secondary N) is 1. The molecule has 0 unspecified atom stereocenters. The second-order valence-electron chi connectivity index (χ2n) is 8.82. The number of carbonyl (C=O) groups excluding carboxylic acids is 1. The third-order valence-corrected chi connectivity index (χ3v) is 8.08. The number of rotatable bonds is 9. The number of thiophene rings is 1. The van der Waals surface area contributed by atoms with Crippen LogP contribution < -0.4 is 5.56 Å². The number of nitrogens with zero attached hydrogens (tertiary/aromatic N) is 4. The minimum atomic E-state index is -0.0558. The van der Waals surface area contributed by atoms with Gasteiger partial charge in [-0.05, 0) is 63.0 Å². The van der Waals surface area contributed by atoms with Crippen LogP contribution in [0.4, 0.5) is 0 Å². The number of hydrogen-bond acceptors (Lipinski definition) is 7. The molecule has 2 aromatic heterocycles. The lowest BCUT2D eigenvalue weighted by Crippen LogP contribution is -2.37. The quantitative estimate of drug-likeness (QED) is 0.488. The van der Waals surface area contributed by atoms with Gasteiger partial charge in [0, 0.05) is 24.5 Å². The van der Waals surface area contributed by atoms with Gasteiger partial charge in [-0.1, -0.05) is 12.1 Å². The van der Waals surface area contributed by atoms with E-state index in [0.29, 0.717) is 36.0 Å². The summed E-state index contributed by atoms with van der Waals surface area (Å²) in [6, 6.07) is 9.47. The molecule has 0 atom stereocenters. The Kier molecular flexibility index (Phi) is 8.03. The van der Waals surface area contributed by atoms with E-state index in [0.717, 1.165) is 41.6 Å². The van der Waals surface area contributed by atoms with E-state index in [4.69, 9.17) is 10.2 Å². The largest absolute Gasteiger partial charge is 0.336 e. The van der Waals surface area contributed by atoms with Gasteiger partial charge in [-0.3, -0.25) is 9.59 Å². The van der Waals surface area contributed by atoms with Crippen LogP contribution in [0.2, 0.25) is 0 Å². The highest BCUT2D eigenvalue weighted by Crippen LogP contribution is 2.33. The third kappa shape index (κ3) is 5.87. The molecule has 0 spiro atoms. The maximum atomic E-state index is 13.0. The molecule has 0 saturated carbocycles. The van der Waals surface area contributed by atoms with Crippen LogP contribution in [0.1, 0.15) is 40.2 Å². The maximum absolute atomic E-state index is 13.0. The second kappa shape index (κ2) is 11.2. The first kappa shape index (κ1) is 24.5. The first-order valence-electron chi connectivity index (χ1n) is 11.5. The van der Waals surface area contributed by atoms with Crippen LogP contribution in [0.15, 0.2) is 29.1 Å². The van der Waals surface area contributed by atoms with Crippen molar-refractivity contribution in [2.45, 2.75) is 38.0 Å². The number of aryl methyl sites for hydroxylation is 2. The third-order valence-electron chi connectivity index (χ3n) is 5.96. The van der Waals surface area contributed by atoms with E-state index in [2.05, 4.69) is 16.0 Å². The highest BCUT2D eigenvalue weighted by Gasteiger charge is 2.20. The molecule has 2 heterocycles. The van der Waals surface area contributed by atoms with E-state index < -0.39 is 0 Å². The molecule has 9 heteroatoms. The molecule has 0 saturated heterocycles. The smallest absolute Gasteiger partial charge is 0.259 e. The molecule has 7 nitrogen and oxygen atoms in total. The van der Waals surface area contributed by atoms with E-state index in [1.807, 2.05) is 31.1 Å². The van der Waals surface area contributed by atoms with Crippen LogP contribution in [-0.4, -0.2) is 58.6 Å². The Labute approximate surface area is 207 Å². The summed E-state index contributed by atoms with van der Waals surface area (Å²) in [6.45, 7) is 1.89. The highest BCUT2D eigenvalue weighted by atomic mass is 32.2. The lowest BCUT2D eigenvalue weighted by Gasteiger charge is -2.24. The number of nitriles is 1. The Hall–Kier alpha value is -2.67. The molecule has 4 rings (SSSR count). The van der Waals surface area contributed by atoms with E-state index >= 15 is 0 Å². The average Bonchev–Trinajstić information content (AvgIpc) is 3.21. The first-order chi connectivity index (χ1) is 16.4. The molecule has 0 fully saturated rings. The minimum Gasteiger partial charge on any atom is -0.336 e. The highest BCUT2D eigenvalue weighted by molar-refractivity contribution is 7.99. The van der Waals surface area contributed by atoms with E-state index in [9.17, 15) is 9.59 Å². The zero-order valence-corrected chi connectivity index (χ0v) is 21.2. The molecule has 0 bridgehead atoms. The van der Waals surface area contributed by atoms with Crippen LogP contribution in [0.3, 0.4) is 0 Å². The number of fused-ring (bicyclic) bond motifs is 3. The van der Waals surface area contributed by atoms with Gasteiger partial charge in [0.2, 0.25) is 5.91 Å². The van der Waals surface area contributed by atoms with Crippen molar-refractivity contribution in [3.8, 4) is 6.07 Å². The maximum Gasteiger partial charge on any atom is 0.259 e. The lowest BCUT2D eigenvalue weighted by molar-refractivity contribution is -0.129. The van der Waals surface area contributed by atoms with Gasteiger partial charge >= 0.3 is 0 Å². The number of amides is 1. The fourth-order valence-corrected chi connectivity index (χ4v) is 6.19. The molecule has 34 heavy (non-hydrogen) atoms. The second-order valence-corrected chi connectivity index (χ2v) is 10.9. The van der Waals surface area contributed by atoms with E-state index in [1.54, 1.807) is 23.5 Å². The predicted octanol–water partition coefficient (Wildman–Crippen LogP) is 3.56. The molecular weight excluding hydrogens is 466 g/mol. The summed E-state index contributed by atoms with van der Waals surface area (Å²) < 4.78 is 0. The van der Waals surface area contributed by atoms with Crippen molar-refractivity contribution in [2.75, 3.05) is 32.9 Å². The first-order valence-corrected chi connectivity index (χ1v) is 13.4. The van der Waals surface area contributed by atoms with Crippen molar-refractivity contribution in [3.05, 3.63) is 62.0 Å². The van der Waals surface area contributed by atoms with Gasteiger partial charge in [0.25, 0.3) is 5.56 Å². The summed E-state index contributed by atoms with van der Waals surface area (Å²) in [4.78, 5) is 39.4. The fraction of sp³-hybridized carbons (Fsp3) is 0.440. The van der Waals surface area contributed by atoms with Crippen molar-refractivity contribution >= 4 is 39.2 Å². The molecule has 0 radical (unpaired) electrons. The lowest BCUT2D eigenvalue weighted by atomic mass is 9.97. The molecule has 1 aliphatic rings. The van der Waals surface area contributed by atoms with Gasteiger partial charge in [-0.2, -0.15) is 5.26 Å². The molecule has 1 N–H and O–H groups in total. The summed E-state index contributed by atoms with van der Waals surface area (Å²) >= 11 is 3.12. The molecule has 0 aliphatic heterocycles. The fourth-order valence-electron chi connectivity index (χ4n) is 4.12. The monoisotopic (exact) mass is 495 g/mol. The van der Waals surface area contributed by atoms with E-state index in [1.165, 1.54) is 28.6 Å². The Morgan fingerprint density at radius 2 is 1.97 bits per heavy atom. The summed E-state index contributed by atoms with van der Waals surface area (Å²) in [6.07, 6.45) is 4.31. The topological polar surface area (TPSA) is 93.1 Å². The molecule has 1 aliphatic carbocycles. The normalized spacial score (nSPS) is 13.1. The van der Waals surface area contributed by atoms with Crippen molar-refractivity contribution in [1.82, 2.24) is 19.8 Å². The van der Waals surface area contributed by atoms with Crippen molar-refractivity contribution < 1.29 is 4.79 Å².